The van der Waals surface area contributed by atoms with Crippen LogP contribution in [0.3, 0.4) is 0 Å². The third-order valence-corrected chi connectivity index (χ3v) is 5.91. The van der Waals surface area contributed by atoms with Gasteiger partial charge in [-0.05, 0) is 65.8 Å². The zero-order chi connectivity index (χ0) is 25.5. The van der Waals surface area contributed by atoms with Crippen molar-refractivity contribution in [3.63, 3.8) is 0 Å². The number of halogens is 2. The summed E-state index contributed by atoms with van der Waals surface area (Å²) in [6, 6.07) is 9.47. The third-order valence-electron chi connectivity index (χ3n) is 4.80. The number of para-hydroxylation sites is 1. The number of nitrogens with zero attached hydrogens (tertiary/aromatic N) is 1. The third kappa shape index (κ3) is 6.71. The maximum absolute atomic E-state index is 12.6. The lowest BCUT2D eigenvalue weighted by molar-refractivity contribution is -0.139. The number of amides is 1. The number of phenolic OH excluding ortho intramolecular Hbond substituents is 1. The summed E-state index contributed by atoms with van der Waals surface area (Å²) in [6.45, 7) is 3.35. The first-order chi connectivity index (χ1) is 16.7. The number of benzene rings is 2. The van der Waals surface area contributed by atoms with Crippen molar-refractivity contribution < 1.29 is 24.2 Å². The van der Waals surface area contributed by atoms with E-state index in [4.69, 9.17) is 33.3 Å². The minimum absolute atomic E-state index is 0.0833. The molecule has 0 saturated carbocycles. The van der Waals surface area contributed by atoms with Gasteiger partial charge in [-0.2, -0.15) is 5.10 Å². The second-order valence-corrected chi connectivity index (χ2v) is 8.91. The maximum Gasteiger partial charge on any atom is 0.338 e. The smallest absolute Gasteiger partial charge is 0.338 e. The lowest BCUT2D eigenvalue weighted by Gasteiger charge is -2.30. The fraction of sp³-hybridized carbons (Fsp3) is 0.217. The molecule has 0 radical (unpaired) electrons. The Hall–Kier alpha value is -3.15. The highest BCUT2D eigenvalue weighted by Gasteiger charge is 2.32. The molecule has 4 N–H and O–H groups in total. The van der Waals surface area contributed by atoms with Crippen molar-refractivity contribution >= 4 is 63.0 Å². The lowest BCUT2D eigenvalue weighted by atomic mass is 9.95. The number of carbonyl (C=O) groups is 2. The Bertz CT molecular complexity index is 1200. The molecule has 1 aliphatic heterocycles. The largest absolute Gasteiger partial charge is 0.505 e. The van der Waals surface area contributed by atoms with Gasteiger partial charge in [0.2, 0.25) is 0 Å². The van der Waals surface area contributed by atoms with Crippen LogP contribution in [-0.4, -0.2) is 41.5 Å². The zero-order valence-corrected chi connectivity index (χ0v) is 21.9. The fourth-order valence-corrected chi connectivity index (χ4v) is 4.36. The molecule has 0 unspecified atom stereocenters. The Morgan fingerprint density at radius 3 is 2.80 bits per heavy atom. The second-order valence-electron chi connectivity index (χ2n) is 7.24. The molecule has 1 amide bonds. The summed E-state index contributed by atoms with van der Waals surface area (Å²) in [5, 5.41) is 20.1. The number of hydrazone groups is 1. The first-order valence-electron chi connectivity index (χ1n) is 10.4. The molecule has 1 atom stereocenters. The van der Waals surface area contributed by atoms with Crippen LogP contribution < -0.4 is 20.8 Å². The van der Waals surface area contributed by atoms with Gasteiger partial charge in [0.05, 0.1) is 33.9 Å². The topological polar surface area (TPSA) is 121 Å². The van der Waals surface area contributed by atoms with Crippen molar-refractivity contribution in [2.75, 3.05) is 13.2 Å². The Morgan fingerprint density at radius 2 is 2.09 bits per heavy atom. The molecule has 1 heterocycles. The molecule has 0 aliphatic carbocycles. The minimum atomic E-state index is -0.627. The van der Waals surface area contributed by atoms with Gasteiger partial charge in [0.15, 0.2) is 11.7 Å². The van der Waals surface area contributed by atoms with Gasteiger partial charge in [0.1, 0.15) is 11.5 Å². The monoisotopic (exact) mass is 580 g/mol. The molecule has 0 bridgehead atoms. The average Bonchev–Trinajstić information content (AvgIpc) is 2.81. The molecular weight excluding hydrogens is 560 g/mol. The lowest BCUT2D eigenvalue weighted by Crippen LogP contribution is -2.45. The van der Waals surface area contributed by atoms with E-state index in [1.165, 1.54) is 12.3 Å². The number of hydrogen-bond donors (Lipinski definition) is 4. The molecule has 1 aliphatic rings. The second kappa shape index (κ2) is 12.0. The normalized spacial score (nSPS) is 15.4. The van der Waals surface area contributed by atoms with Crippen molar-refractivity contribution in [1.82, 2.24) is 16.1 Å². The van der Waals surface area contributed by atoms with Gasteiger partial charge in [-0.25, -0.2) is 10.2 Å². The summed E-state index contributed by atoms with van der Waals surface area (Å²) in [6.07, 6.45) is 1.38. The van der Waals surface area contributed by atoms with Gasteiger partial charge < -0.3 is 25.2 Å². The number of carbonyl (C=O) groups excluding carboxylic acids is 2. The average molecular weight is 582 g/mol. The maximum atomic E-state index is 12.6. The molecule has 184 valence electrons. The standard InChI is InChI=1S/C23H22BrClN4O5S/c1-3-33-22(32)19-12(2)27-23(35)28-20(19)14-6-4-5-7-17(14)34-11-18(30)29-26-10-13-8-15(24)21(31)16(25)9-13/h4-10,20,31H,3,11H2,1-2H3,(H,29,30)(H2,27,28,35)/t20-/m0/s1. The summed E-state index contributed by atoms with van der Waals surface area (Å²) in [5.41, 5.74) is 4.47. The molecule has 2 aromatic carbocycles. The fourth-order valence-electron chi connectivity index (χ4n) is 3.27. The van der Waals surface area contributed by atoms with E-state index in [1.54, 1.807) is 44.2 Å². The van der Waals surface area contributed by atoms with Crippen LogP contribution in [0.4, 0.5) is 0 Å². The SMILES string of the molecule is CCOC(=O)C1=C(C)NC(=S)N[C@H]1c1ccccc1OCC(=O)NN=Cc1cc(Cl)c(O)c(Br)c1. The van der Waals surface area contributed by atoms with E-state index in [0.717, 1.165) is 0 Å². The van der Waals surface area contributed by atoms with E-state index < -0.39 is 17.9 Å². The van der Waals surface area contributed by atoms with E-state index in [0.29, 0.717) is 37.7 Å². The number of hydrogen-bond acceptors (Lipinski definition) is 7. The van der Waals surface area contributed by atoms with Crippen molar-refractivity contribution in [3.8, 4) is 11.5 Å². The Balaban J connectivity index is 1.71. The van der Waals surface area contributed by atoms with Gasteiger partial charge >= 0.3 is 5.97 Å². The van der Waals surface area contributed by atoms with Crippen LogP contribution in [0.2, 0.25) is 5.02 Å². The summed E-state index contributed by atoms with van der Waals surface area (Å²) in [4.78, 5) is 24.9. The number of aromatic hydroxyl groups is 1. The summed E-state index contributed by atoms with van der Waals surface area (Å²) < 4.78 is 11.4. The quantitative estimate of drug-likeness (QED) is 0.161. The molecule has 12 heteroatoms. The van der Waals surface area contributed by atoms with Gasteiger partial charge in [0, 0.05) is 11.3 Å². The van der Waals surface area contributed by atoms with Crippen LogP contribution in [0.15, 0.2) is 57.2 Å². The highest BCUT2D eigenvalue weighted by Crippen LogP contribution is 2.34. The molecule has 0 fully saturated rings. The molecular formula is C23H22BrClN4O5S. The van der Waals surface area contributed by atoms with Gasteiger partial charge in [0.25, 0.3) is 5.91 Å². The molecule has 0 aromatic heterocycles. The van der Waals surface area contributed by atoms with Crippen molar-refractivity contribution in [2.24, 2.45) is 5.10 Å². The van der Waals surface area contributed by atoms with Crippen LogP contribution >= 0.6 is 39.7 Å². The number of ether oxygens (including phenoxy) is 2. The number of allylic oxidation sites excluding steroid dienone is 1. The molecule has 35 heavy (non-hydrogen) atoms. The van der Waals surface area contributed by atoms with E-state index >= 15 is 0 Å². The van der Waals surface area contributed by atoms with Crippen LogP contribution in [0.1, 0.15) is 31.0 Å². The van der Waals surface area contributed by atoms with Crippen molar-refractivity contribution in [2.45, 2.75) is 19.9 Å². The number of phenols is 1. The van der Waals surface area contributed by atoms with Gasteiger partial charge in [-0.3, -0.25) is 4.79 Å². The molecule has 0 spiro atoms. The number of esters is 1. The number of thiocarbonyl (C=S) groups is 1. The van der Waals surface area contributed by atoms with Crippen LogP contribution in [0.25, 0.3) is 0 Å². The summed E-state index contributed by atoms with van der Waals surface area (Å²) in [5.74, 6) is -0.691. The summed E-state index contributed by atoms with van der Waals surface area (Å²) in [7, 11) is 0. The molecule has 2 aromatic rings. The minimum Gasteiger partial charge on any atom is -0.505 e. The van der Waals surface area contributed by atoms with Gasteiger partial charge in [-0.1, -0.05) is 29.8 Å². The number of nitrogens with one attached hydrogen (secondary N) is 3. The molecule has 0 saturated heterocycles. The molecule has 9 nitrogen and oxygen atoms in total. The Kier molecular flexibility index (Phi) is 9.07. The van der Waals surface area contributed by atoms with Crippen molar-refractivity contribution in [1.29, 1.82) is 0 Å². The highest BCUT2D eigenvalue weighted by atomic mass is 79.9. The molecule has 3 rings (SSSR count). The van der Waals surface area contributed by atoms with Crippen LogP contribution in [0.5, 0.6) is 11.5 Å². The van der Waals surface area contributed by atoms with E-state index in [2.05, 4.69) is 37.1 Å². The predicted octanol–water partition coefficient (Wildman–Crippen LogP) is 3.69. The Labute approximate surface area is 220 Å². The van der Waals surface area contributed by atoms with Crippen LogP contribution in [0, 0.1) is 0 Å². The van der Waals surface area contributed by atoms with Crippen molar-refractivity contribution in [3.05, 3.63) is 68.3 Å². The predicted molar refractivity (Wildman–Crippen MR) is 139 cm³/mol. The Morgan fingerprint density at radius 1 is 1.34 bits per heavy atom. The highest BCUT2D eigenvalue weighted by molar-refractivity contribution is 9.10. The van der Waals surface area contributed by atoms with E-state index in [-0.39, 0.29) is 24.0 Å². The zero-order valence-electron chi connectivity index (χ0n) is 18.7. The number of rotatable bonds is 8. The van der Waals surface area contributed by atoms with E-state index in [9.17, 15) is 14.7 Å². The first-order valence-corrected chi connectivity index (χ1v) is 12.0. The first kappa shape index (κ1) is 26.5. The summed E-state index contributed by atoms with van der Waals surface area (Å²) >= 11 is 14.4. The van der Waals surface area contributed by atoms with Crippen LogP contribution in [-0.2, 0) is 14.3 Å². The van der Waals surface area contributed by atoms with E-state index in [1.807, 2.05) is 0 Å². The van der Waals surface area contributed by atoms with Gasteiger partial charge in [-0.15, -0.1) is 0 Å².